The highest BCUT2D eigenvalue weighted by molar-refractivity contribution is 9.11. The Kier molecular flexibility index (Phi) is 7.47. The minimum atomic E-state index is -4.73. The van der Waals surface area contributed by atoms with E-state index in [0.29, 0.717) is 17.9 Å². The molecule has 0 aliphatic carbocycles. The molecule has 0 saturated carbocycles. The number of alkyl halides is 3. The summed E-state index contributed by atoms with van der Waals surface area (Å²) < 4.78 is 49.0. The Bertz CT molecular complexity index is 829. The average Bonchev–Trinajstić information content (AvgIpc) is 2.64. The van der Waals surface area contributed by atoms with E-state index in [9.17, 15) is 13.2 Å². The fourth-order valence-electron chi connectivity index (χ4n) is 3.54. The Hall–Kier alpha value is -1.29. The number of halogens is 5. The molecule has 2 aromatic rings. The van der Waals surface area contributed by atoms with Crippen molar-refractivity contribution in [3.63, 3.8) is 0 Å². The van der Waals surface area contributed by atoms with Crippen LogP contribution in [0.2, 0.25) is 0 Å². The summed E-state index contributed by atoms with van der Waals surface area (Å²) in [5.74, 6) is 0.252. The molecule has 2 atom stereocenters. The Labute approximate surface area is 184 Å². The van der Waals surface area contributed by atoms with Gasteiger partial charge in [-0.05, 0) is 61.3 Å². The molecule has 1 fully saturated rings. The summed E-state index contributed by atoms with van der Waals surface area (Å²) in [6.07, 6.45) is -2.77. The first-order valence-corrected chi connectivity index (χ1v) is 10.7. The molecule has 1 heterocycles. The van der Waals surface area contributed by atoms with Crippen LogP contribution in [-0.2, 0) is 6.54 Å². The molecule has 4 nitrogen and oxygen atoms in total. The summed E-state index contributed by atoms with van der Waals surface area (Å²) in [5.41, 5.74) is 1.73. The lowest BCUT2D eigenvalue weighted by Crippen LogP contribution is -2.45. The van der Waals surface area contributed by atoms with Gasteiger partial charge in [0, 0.05) is 33.1 Å². The van der Waals surface area contributed by atoms with Crippen molar-refractivity contribution >= 4 is 31.9 Å². The number of ether oxygens (including phenoxy) is 2. The third-order valence-corrected chi connectivity index (χ3v) is 5.66. The molecule has 3 rings (SSSR count). The predicted octanol–water partition coefficient (Wildman–Crippen LogP) is 5.70. The monoisotopic (exact) mass is 536 g/mol. The SMILES string of the molecule is COc1ccc(OC(F)(F)F)cc1CN[C@H]1CCCN[C@H]1c1cc(Br)cc(Br)c1. The van der Waals surface area contributed by atoms with Crippen LogP contribution in [0.4, 0.5) is 13.2 Å². The van der Waals surface area contributed by atoms with Gasteiger partial charge in [-0.15, -0.1) is 13.2 Å². The van der Waals surface area contributed by atoms with Crippen molar-refractivity contribution in [2.75, 3.05) is 13.7 Å². The number of benzene rings is 2. The van der Waals surface area contributed by atoms with Crippen molar-refractivity contribution < 1.29 is 22.6 Å². The van der Waals surface area contributed by atoms with Gasteiger partial charge in [-0.25, -0.2) is 0 Å². The van der Waals surface area contributed by atoms with E-state index in [2.05, 4.69) is 59.4 Å². The third kappa shape index (κ3) is 6.34. The average molecular weight is 538 g/mol. The van der Waals surface area contributed by atoms with Crippen LogP contribution in [0.5, 0.6) is 11.5 Å². The van der Waals surface area contributed by atoms with E-state index in [4.69, 9.17) is 4.74 Å². The number of rotatable bonds is 6. The zero-order valence-corrected chi connectivity index (χ0v) is 18.8. The first kappa shape index (κ1) is 22.4. The predicted molar refractivity (Wildman–Crippen MR) is 112 cm³/mol. The summed E-state index contributed by atoms with van der Waals surface area (Å²) >= 11 is 7.05. The molecule has 0 amide bonds. The number of nitrogens with one attached hydrogen (secondary N) is 2. The quantitative estimate of drug-likeness (QED) is 0.496. The fourth-order valence-corrected chi connectivity index (χ4v) is 4.87. The van der Waals surface area contributed by atoms with Crippen molar-refractivity contribution in [2.45, 2.75) is 37.8 Å². The van der Waals surface area contributed by atoms with Gasteiger partial charge in [0.1, 0.15) is 11.5 Å². The highest BCUT2D eigenvalue weighted by Crippen LogP contribution is 2.31. The summed E-state index contributed by atoms with van der Waals surface area (Å²) in [7, 11) is 1.49. The number of hydrogen-bond donors (Lipinski definition) is 2. The van der Waals surface area contributed by atoms with Gasteiger partial charge in [0.2, 0.25) is 0 Å². The molecule has 1 aliphatic heterocycles. The minimum absolute atomic E-state index is 0.0816. The van der Waals surface area contributed by atoms with Crippen molar-refractivity contribution in [3.05, 3.63) is 56.5 Å². The lowest BCUT2D eigenvalue weighted by molar-refractivity contribution is -0.274. The standard InChI is InChI=1S/C20H21Br2F3N2O2/c1-28-18-5-4-16(29-20(23,24)25)9-13(18)11-27-17-3-2-6-26-19(17)12-7-14(21)10-15(22)8-12/h4-5,7-10,17,19,26-27H,2-3,6,11H2,1H3/t17-,19-/m0/s1. The van der Waals surface area contributed by atoms with Gasteiger partial charge in [0.15, 0.2) is 0 Å². The molecule has 158 valence electrons. The summed E-state index contributed by atoms with van der Waals surface area (Å²) in [6, 6.07) is 10.4. The molecule has 1 aliphatic rings. The first-order chi connectivity index (χ1) is 13.7. The molecule has 1 saturated heterocycles. The van der Waals surface area contributed by atoms with Crippen LogP contribution in [0.25, 0.3) is 0 Å². The molecular weight excluding hydrogens is 517 g/mol. The van der Waals surface area contributed by atoms with Crippen molar-refractivity contribution in [3.8, 4) is 11.5 Å². The first-order valence-electron chi connectivity index (χ1n) is 9.10. The van der Waals surface area contributed by atoms with Gasteiger partial charge in [-0.2, -0.15) is 0 Å². The molecule has 9 heteroatoms. The van der Waals surface area contributed by atoms with Crippen LogP contribution in [0.1, 0.15) is 30.0 Å². The summed E-state index contributed by atoms with van der Waals surface area (Å²) in [6.45, 7) is 1.27. The lowest BCUT2D eigenvalue weighted by Gasteiger charge is -2.34. The molecular formula is C20H21Br2F3N2O2. The second-order valence-corrected chi connectivity index (χ2v) is 8.62. The smallest absolute Gasteiger partial charge is 0.496 e. The van der Waals surface area contributed by atoms with E-state index in [1.165, 1.54) is 25.3 Å². The van der Waals surface area contributed by atoms with Gasteiger partial charge in [0.25, 0.3) is 0 Å². The van der Waals surface area contributed by atoms with Gasteiger partial charge in [-0.3, -0.25) is 0 Å². The van der Waals surface area contributed by atoms with Crippen molar-refractivity contribution in [2.24, 2.45) is 0 Å². The van der Waals surface area contributed by atoms with E-state index >= 15 is 0 Å². The van der Waals surface area contributed by atoms with E-state index in [-0.39, 0.29) is 17.8 Å². The minimum Gasteiger partial charge on any atom is -0.496 e. The highest BCUT2D eigenvalue weighted by Gasteiger charge is 2.31. The van der Waals surface area contributed by atoms with Crippen LogP contribution >= 0.6 is 31.9 Å². The Morgan fingerprint density at radius 2 is 1.86 bits per heavy atom. The lowest BCUT2D eigenvalue weighted by atomic mass is 9.92. The van der Waals surface area contributed by atoms with Crippen LogP contribution in [0, 0.1) is 0 Å². The topological polar surface area (TPSA) is 42.5 Å². The Morgan fingerprint density at radius 1 is 1.14 bits per heavy atom. The van der Waals surface area contributed by atoms with Gasteiger partial charge in [0.05, 0.1) is 7.11 Å². The van der Waals surface area contributed by atoms with E-state index < -0.39 is 6.36 Å². The maximum absolute atomic E-state index is 12.6. The van der Waals surface area contributed by atoms with E-state index in [1.807, 2.05) is 6.07 Å². The second kappa shape index (κ2) is 9.68. The third-order valence-electron chi connectivity index (χ3n) is 4.74. The van der Waals surface area contributed by atoms with Gasteiger partial charge in [-0.1, -0.05) is 31.9 Å². The molecule has 2 N–H and O–H groups in total. The molecule has 0 radical (unpaired) electrons. The largest absolute Gasteiger partial charge is 0.573 e. The molecule has 29 heavy (non-hydrogen) atoms. The fraction of sp³-hybridized carbons (Fsp3) is 0.400. The zero-order valence-electron chi connectivity index (χ0n) is 15.7. The molecule has 0 spiro atoms. The van der Waals surface area contributed by atoms with Crippen LogP contribution in [0.3, 0.4) is 0 Å². The normalized spacial score (nSPS) is 19.8. The van der Waals surface area contributed by atoms with Gasteiger partial charge >= 0.3 is 6.36 Å². The summed E-state index contributed by atoms with van der Waals surface area (Å²) in [4.78, 5) is 0. The highest BCUT2D eigenvalue weighted by atomic mass is 79.9. The van der Waals surface area contributed by atoms with Crippen LogP contribution < -0.4 is 20.1 Å². The number of piperidine rings is 1. The number of methoxy groups -OCH3 is 1. The summed E-state index contributed by atoms with van der Waals surface area (Å²) in [5, 5.41) is 7.02. The number of hydrogen-bond acceptors (Lipinski definition) is 4. The Morgan fingerprint density at radius 3 is 2.52 bits per heavy atom. The maximum atomic E-state index is 12.6. The maximum Gasteiger partial charge on any atom is 0.573 e. The van der Waals surface area contributed by atoms with E-state index in [0.717, 1.165) is 33.9 Å². The Balaban J connectivity index is 1.77. The second-order valence-electron chi connectivity index (χ2n) is 6.79. The molecule has 0 aromatic heterocycles. The van der Waals surface area contributed by atoms with Crippen LogP contribution in [0.15, 0.2) is 45.3 Å². The zero-order chi connectivity index (χ0) is 21.0. The molecule has 2 aromatic carbocycles. The van der Waals surface area contributed by atoms with Crippen molar-refractivity contribution in [1.82, 2.24) is 10.6 Å². The molecule has 0 bridgehead atoms. The van der Waals surface area contributed by atoms with E-state index in [1.54, 1.807) is 0 Å². The molecule has 0 unspecified atom stereocenters. The van der Waals surface area contributed by atoms with Crippen LogP contribution in [-0.4, -0.2) is 26.1 Å². The van der Waals surface area contributed by atoms with Gasteiger partial charge < -0.3 is 20.1 Å². The van der Waals surface area contributed by atoms with Crippen molar-refractivity contribution in [1.29, 1.82) is 0 Å².